The summed E-state index contributed by atoms with van der Waals surface area (Å²) in [6.45, 7) is 6.41. The molecule has 0 spiro atoms. The number of pyridine rings is 1. The summed E-state index contributed by atoms with van der Waals surface area (Å²) < 4.78 is 15.7. The molecule has 43 heavy (non-hydrogen) atoms. The van der Waals surface area contributed by atoms with Gasteiger partial charge in [0.1, 0.15) is 11.6 Å². The average Bonchev–Trinajstić information content (AvgIpc) is 3.60. The topological polar surface area (TPSA) is 54.1 Å². The van der Waals surface area contributed by atoms with Crippen LogP contribution < -0.4 is 9.47 Å². The molecule has 0 saturated heterocycles. The Balaban J connectivity index is 0.00000329. The molecule has 0 amide bonds. The van der Waals surface area contributed by atoms with E-state index in [2.05, 4.69) is 77.9 Å². The molecule has 214 valence electrons. The fraction of sp³-hybridized carbons (Fsp3) is 0.111. The van der Waals surface area contributed by atoms with Crippen molar-refractivity contribution in [3.63, 3.8) is 0 Å². The maximum atomic E-state index is 6.31. The molecule has 6 nitrogen and oxygen atoms in total. The van der Waals surface area contributed by atoms with E-state index < -0.39 is 0 Å². The number of methoxy groups -OCH3 is 1. The van der Waals surface area contributed by atoms with Gasteiger partial charge < -0.3 is 14.0 Å². The van der Waals surface area contributed by atoms with E-state index in [4.69, 9.17) is 9.47 Å². The number of para-hydroxylation sites is 1. The molecule has 0 radical (unpaired) electrons. The molecule has 0 fully saturated rings. The Morgan fingerprint density at radius 2 is 1.58 bits per heavy atom. The first-order valence-electron chi connectivity index (χ1n) is 13.8. The number of hydrogen-bond donors (Lipinski definition) is 0. The van der Waals surface area contributed by atoms with Crippen LogP contribution in [0.4, 0.5) is 0 Å². The Labute approximate surface area is 264 Å². The van der Waals surface area contributed by atoms with Crippen molar-refractivity contribution in [2.24, 2.45) is 0 Å². The first-order chi connectivity index (χ1) is 20.5. The zero-order chi connectivity index (χ0) is 28.8. The molecule has 7 rings (SSSR count). The minimum absolute atomic E-state index is 0. The van der Waals surface area contributed by atoms with Crippen molar-refractivity contribution < 1.29 is 30.5 Å². The van der Waals surface area contributed by atoms with Gasteiger partial charge in [-0.25, -0.2) is 4.98 Å². The van der Waals surface area contributed by atoms with Crippen LogP contribution in [0.5, 0.6) is 17.2 Å². The average molecular weight is 744 g/mol. The SMILES string of the molecule is COc1ccnc(-n2c3[c-]c(Oc4[c-]c(-n5cc(-c6c(C)cc(C)cc6C)cn5)ccc4)ccc3c3ccccc32)c1.[Pt+2]. The molecule has 4 aromatic carbocycles. The zero-order valence-electron chi connectivity index (χ0n) is 24.2. The van der Waals surface area contributed by atoms with Crippen molar-refractivity contribution in [2.75, 3.05) is 7.11 Å². The second-order valence-electron chi connectivity index (χ2n) is 10.4. The van der Waals surface area contributed by atoms with Gasteiger partial charge in [0.15, 0.2) is 0 Å². The Morgan fingerprint density at radius 1 is 0.791 bits per heavy atom. The molecule has 7 aromatic rings. The Kier molecular flexibility index (Phi) is 7.64. The summed E-state index contributed by atoms with van der Waals surface area (Å²) in [5.74, 6) is 2.63. The number of ether oxygens (including phenoxy) is 2. The van der Waals surface area contributed by atoms with Crippen LogP contribution in [0.3, 0.4) is 0 Å². The largest absolute Gasteiger partial charge is 2.00 e. The van der Waals surface area contributed by atoms with Crippen molar-refractivity contribution >= 4 is 21.8 Å². The van der Waals surface area contributed by atoms with Gasteiger partial charge in [0, 0.05) is 41.0 Å². The molecule has 0 bridgehead atoms. The first-order valence-corrected chi connectivity index (χ1v) is 13.8. The van der Waals surface area contributed by atoms with Gasteiger partial charge >= 0.3 is 21.1 Å². The third-order valence-corrected chi connectivity index (χ3v) is 7.51. The van der Waals surface area contributed by atoms with Crippen molar-refractivity contribution in [2.45, 2.75) is 20.8 Å². The maximum absolute atomic E-state index is 6.31. The summed E-state index contributed by atoms with van der Waals surface area (Å²) in [5, 5.41) is 6.82. The molecule has 0 aliphatic rings. The zero-order valence-corrected chi connectivity index (χ0v) is 26.4. The van der Waals surface area contributed by atoms with E-state index in [1.54, 1.807) is 13.3 Å². The van der Waals surface area contributed by atoms with Crippen LogP contribution in [0.1, 0.15) is 16.7 Å². The number of aromatic nitrogens is 4. The number of fused-ring (bicyclic) bond motifs is 3. The number of rotatable bonds is 6. The van der Waals surface area contributed by atoms with Crippen molar-refractivity contribution in [1.29, 1.82) is 0 Å². The molecule has 0 atom stereocenters. The van der Waals surface area contributed by atoms with Crippen LogP contribution in [-0.4, -0.2) is 26.4 Å². The van der Waals surface area contributed by atoms with Gasteiger partial charge in [0.2, 0.25) is 0 Å². The van der Waals surface area contributed by atoms with Crippen LogP contribution in [0, 0.1) is 32.9 Å². The van der Waals surface area contributed by atoms with E-state index in [1.807, 2.05) is 65.6 Å². The smallest absolute Gasteiger partial charge is 0.509 e. The fourth-order valence-corrected chi connectivity index (χ4v) is 5.79. The van der Waals surface area contributed by atoms with E-state index in [0.29, 0.717) is 11.5 Å². The third kappa shape index (κ3) is 5.24. The minimum Gasteiger partial charge on any atom is -0.509 e. The normalized spacial score (nSPS) is 11.1. The Morgan fingerprint density at radius 3 is 2.40 bits per heavy atom. The minimum atomic E-state index is 0. The summed E-state index contributed by atoms with van der Waals surface area (Å²) in [6, 6.07) is 33.1. The first kappa shape index (κ1) is 28.4. The summed E-state index contributed by atoms with van der Waals surface area (Å²) in [7, 11) is 1.66. The number of benzene rings is 4. The summed E-state index contributed by atoms with van der Waals surface area (Å²) in [6.07, 6.45) is 5.69. The van der Waals surface area contributed by atoms with E-state index in [9.17, 15) is 0 Å². The van der Waals surface area contributed by atoms with Crippen molar-refractivity contribution in [1.82, 2.24) is 19.3 Å². The van der Waals surface area contributed by atoms with Crippen LogP contribution in [0.15, 0.2) is 97.5 Å². The van der Waals surface area contributed by atoms with Gasteiger partial charge in [-0.3, -0.25) is 4.68 Å². The predicted octanol–water partition coefficient (Wildman–Crippen LogP) is 8.36. The molecule has 7 heteroatoms. The van der Waals surface area contributed by atoms with Crippen LogP contribution >= 0.6 is 0 Å². The molecular formula is C36H28N4O2Pt. The monoisotopic (exact) mass is 743 g/mol. The van der Waals surface area contributed by atoms with Gasteiger partial charge in [0.25, 0.3) is 0 Å². The van der Waals surface area contributed by atoms with E-state index in [-0.39, 0.29) is 21.1 Å². The molecule has 0 aliphatic carbocycles. The van der Waals surface area contributed by atoms with Gasteiger partial charge in [-0.15, -0.1) is 35.7 Å². The van der Waals surface area contributed by atoms with Gasteiger partial charge in [-0.05, 0) is 60.7 Å². The fourth-order valence-electron chi connectivity index (χ4n) is 5.79. The van der Waals surface area contributed by atoms with Crippen molar-refractivity contribution in [3.8, 4) is 39.9 Å². The maximum Gasteiger partial charge on any atom is 2.00 e. The van der Waals surface area contributed by atoms with Gasteiger partial charge in [0.05, 0.1) is 13.3 Å². The molecule has 3 aromatic heterocycles. The van der Waals surface area contributed by atoms with E-state index in [0.717, 1.165) is 44.6 Å². The second-order valence-corrected chi connectivity index (χ2v) is 10.4. The number of nitrogens with zero attached hydrogens (tertiary/aromatic N) is 4. The quantitative estimate of drug-likeness (QED) is 0.161. The van der Waals surface area contributed by atoms with E-state index >= 15 is 0 Å². The third-order valence-electron chi connectivity index (χ3n) is 7.51. The van der Waals surface area contributed by atoms with Crippen LogP contribution in [0.25, 0.3) is 44.4 Å². The van der Waals surface area contributed by atoms with Gasteiger partial charge in [-0.1, -0.05) is 41.4 Å². The number of hydrogen-bond acceptors (Lipinski definition) is 4. The standard InChI is InChI=1S/C36H28N4O2.Pt/c1-23-16-24(2)36(25(3)17-23)26-21-38-39(22-26)27-8-7-9-29(18-27)42-30-12-13-32-31-10-5-6-11-33(31)40(34(32)19-30)35-20-28(41-4)14-15-37-35;/h5-17,20-22H,1-4H3;/q-2;+2. The Bertz CT molecular complexity index is 2090. The van der Waals surface area contributed by atoms with Crippen molar-refractivity contribution in [3.05, 3.63) is 126 Å². The Hall–Kier alpha value is -4.67. The second kappa shape index (κ2) is 11.5. The molecule has 0 saturated carbocycles. The molecular weight excluding hydrogens is 716 g/mol. The van der Waals surface area contributed by atoms with Crippen LogP contribution in [-0.2, 0) is 21.1 Å². The van der Waals surface area contributed by atoms with Crippen LogP contribution in [0.2, 0.25) is 0 Å². The van der Waals surface area contributed by atoms with Gasteiger partial charge in [-0.2, -0.15) is 17.2 Å². The summed E-state index contributed by atoms with van der Waals surface area (Å²) in [5.41, 5.74) is 8.70. The predicted molar refractivity (Wildman–Crippen MR) is 166 cm³/mol. The molecule has 0 aliphatic heterocycles. The molecule has 0 unspecified atom stereocenters. The summed E-state index contributed by atoms with van der Waals surface area (Å²) in [4.78, 5) is 4.63. The molecule has 3 heterocycles. The molecule has 0 N–H and O–H groups in total. The summed E-state index contributed by atoms with van der Waals surface area (Å²) >= 11 is 0. The number of aryl methyl sites for hydroxylation is 3. The van der Waals surface area contributed by atoms with E-state index in [1.165, 1.54) is 22.3 Å².